The standard InChI is InChI=1S/CH2O3.Co.NO3.5H2N/c2-1(3)4;;2-1(3)4;;;;;/h(H2,2,3,4);;;5*1H2/q;+3;6*-1/p-2. The number of rotatable bonds is 0. The van der Waals surface area contributed by atoms with Gasteiger partial charge in [-0.3, -0.25) is 0 Å². The van der Waals surface area contributed by atoms with Crippen LogP contribution in [-0.2, 0) is 16.8 Å². The summed E-state index contributed by atoms with van der Waals surface area (Å²) in [5, 5.41) is 31.4. The molecule has 0 aromatic rings. The van der Waals surface area contributed by atoms with Crippen LogP contribution in [0.5, 0.6) is 0 Å². The summed E-state index contributed by atoms with van der Waals surface area (Å²) < 4.78 is 0. The molecule has 94 valence electrons. The molecule has 0 atom stereocenters. The minimum atomic E-state index is -2.33. The fourth-order valence-corrected chi connectivity index (χ4v) is 0. The molecular formula is CH10CoN6O6-5. The fraction of sp³-hybridized carbons (Fsp3) is 0. The average molecular weight is 261 g/mol. The number of hydrogen-bond donors (Lipinski definition) is 0. The van der Waals surface area contributed by atoms with Gasteiger partial charge in [-0.05, 0) is 6.16 Å². The van der Waals surface area contributed by atoms with Crippen molar-refractivity contribution in [3.8, 4) is 0 Å². The third-order valence-electron chi connectivity index (χ3n) is 0. The summed E-state index contributed by atoms with van der Waals surface area (Å²) in [5.74, 6) is 0. The molecule has 12 nitrogen and oxygen atoms in total. The van der Waals surface area contributed by atoms with Gasteiger partial charge >= 0.3 is 16.8 Å². The number of hydrogen-bond acceptors (Lipinski definition) is 6. The van der Waals surface area contributed by atoms with E-state index >= 15 is 0 Å². The molecule has 0 rings (SSSR count). The normalized spacial score (nSPS) is 3.43. The molecule has 13 heteroatoms. The van der Waals surface area contributed by atoms with Gasteiger partial charge in [0, 0.05) is 0 Å². The summed E-state index contributed by atoms with van der Waals surface area (Å²) in [6.07, 6.45) is -2.33. The second kappa shape index (κ2) is 59.9. The monoisotopic (exact) mass is 261 g/mol. The molecule has 0 radical (unpaired) electrons. The van der Waals surface area contributed by atoms with Gasteiger partial charge in [0.2, 0.25) is 0 Å². The molecule has 10 N–H and O–H groups in total. The van der Waals surface area contributed by atoms with Gasteiger partial charge < -0.3 is 61.1 Å². The van der Waals surface area contributed by atoms with Crippen LogP contribution >= 0.6 is 0 Å². The topological polar surface area (TPSA) is 297 Å². The zero-order chi connectivity index (χ0) is 7.15. The minimum absolute atomic E-state index is 0. The molecule has 0 aromatic carbocycles. The Morgan fingerprint density at radius 1 is 0.857 bits per heavy atom. The molecule has 0 amide bonds. The van der Waals surface area contributed by atoms with Crippen molar-refractivity contribution in [3.05, 3.63) is 46.1 Å². The summed E-state index contributed by atoms with van der Waals surface area (Å²) >= 11 is 0. The van der Waals surface area contributed by atoms with Crippen molar-refractivity contribution in [2.24, 2.45) is 0 Å². The second-order valence-electron chi connectivity index (χ2n) is 0.474. The molecule has 0 saturated carbocycles. The third kappa shape index (κ3) is 688. The Morgan fingerprint density at radius 3 is 0.857 bits per heavy atom. The minimum Gasteiger partial charge on any atom is -0.693 e. The average Bonchev–Trinajstić information content (AvgIpc) is 1.25. The van der Waals surface area contributed by atoms with Crippen LogP contribution in [0, 0.1) is 15.3 Å². The van der Waals surface area contributed by atoms with Gasteiger partial charge in [0.15, 0.2) is 0 Å². The maximum Gasteiger partial charge on any atom is 3.00 e. The van der Waals surface area contributed by atoms with Crippen LogP contribution in [0.3, 0.4) is 0 Å². The third-order valence-corrected chi connectivity index (χ3v) is 0. The number of carboxylic acid groups (broad SMARTS) is 2. The Labute approximate surface area is 89.9 Å². The van der Waals surface area contributed by atoms with Crippen molar-refractivity contribution in [2.75, 3.05) is 0 Å². The molecular weight excluding hydrogens is 251 g/mol. The molecule has 0 saturated heterocycles. The molecule has 0 fully saturated rings. The molecule has 0 aliphatic heterocycles. The van der Waals surface area contributed by atoms with Crippen LogP contribution in [0.2, 0.25) is 0 Å². The van der Waals surface area contributed by atoms with Crippen molar-refractivity contribution in [2.45, 2.75) is 0 Å². The Balaban J connectivity index is -0.00000000600. The predicted octanol–water partition coefficient (Wildman–Crippen LogP) is 0.897. The number of nitrogens with two attached hydrogens (primary N) is 5. The van der Waals surface area contributed by atoms with E-state index in [2.05, 4.69) is 0 Å². The maximum absolute atomic E-state index is 8.33. The van der Waals surface area contributed by atoms with Crippen molar-refractivity contribution in [3.63, 3.8) is 0 Å². The number of carbonyl (C=O) groups is 1. The van der Waals surface area contributed by atoms with E-state index in [0.29, 0.717) is 0 Å². The van der Waals surface area contributed by atoms with E-state index in [9.17, 15) is 0 Å². The van der Waals surface area contributed by atoms with Gasteiger partial charge in [-0.1, -0.05) is 0 Å². The van der Waals surface area contributed by atoms with Crippen molar-refractivity contribution in [1.29, 1.82) is 0 Å². The fourth-order valence-electron chi connectivity index (χ4n) is 0. The van der Waals surface area contributed by atoms with E-state index in [0.717, 1.165) is 0 Å². The van der Waals surface area contributed by atoms with E-state index in [1.54, 1.807) is 0 Å². The van der Waals surface area contributed by atoms with Crippen LogP contribution in [-0.4, -0.2) is 11.2 Å². The summed E-state index contributed by atoms with van der Waals surface area (Å²) in [6.45, 7) is 0. The Bertz CT molecular complexity index is 80.3. The molecule has 0 aliphatic rings. The van der Waals surface area contributed by atoms with Crippen molar-refractivity contribution in [1.82, 2.24) is 0 Å². The van der Waals surface area contributed by atoms with Crippen LogP contribution in [0.15, 0.2) is 0 Å². The van der Waals surface area contributed by atoms with E-state index in [4.69, 9.17) is 30.3 Å². The van der Waals surface area contributed by atoms with Gasteiger partial charge in [0.25, 0.3) is 0 Å². The van der Waals surface area contributed by atoms with Gasteiger partial charge in [-0.25, -0.2) is 0 Å². The molecule has 0 spiro atoms. The van der Waals surface area contributed by atoms with Crippen molar-refractivity contribution < 1.29 is 36.9 Å². The van der Waals surface area contributed by atoms with Gasteiger partial charge in [-0.15, -0.1) is 0 Å². The number of carbonyl (C=O) groups excluding carboxylic acids is 1. The van der Waals surface area contributed by atoms with Gasteiger partial charge in [-0.2, -0.15) is 0 Å². The Kier molecular flexibility index (Phi) is 333. The molecule has 14 heavy (non-hydrogen) atoms. The second-order valence-corrected chi connectivity index (χ2v) is 0.474. The molecule has 0 unspecified atom stereocenters. The number of nitrogens with zero attached hydrogens (tertiary/aromatic N) is 1. The molecule has 0 bridgehead atoms. The maximum atomic E-state index is 8.33. The molecule has 0 heterocycles. The first-order valence-electron chi connectivity index (χ1n) is 1.16. The Hall–Kier alpha value is -1.22. The van der Waals surface area contributed by atoms with E-state index in [1.165, 1.54) is 0 Å². The van der Waals surface area contributed by atoms with Crippen molar-refractivity contribution >= 4 is 6.16 Å². The summed E-state index contributed by atoms with van der Waals surface area (Å²) in [5.41, 5.74) is 0. The first kappa shape index (κ1) is 77.7. The van der Waals surface area contributed by atoms with E-state index in [1.807, 2.05) is 0 Å². The Morgan fingerprint density at radius 2 is 0.857 bits per heavy atom. The first-order valence-corrected chi connectivity index (χ1v) is 1.16. The quantitative estimate of drug-likeness (QED) is 0.449. The van der Waals surface area contributed by atoms with Crippen LogP contribution < -0.4 is 10.2 Å². The molecule has 0 aromatic heterocycles. The van der Waals surface area contributed by atoms with Gasteiger partial charge in [0.05, 0.1) is 5.09 Å². The van der Waals surface area contributed by atoms with E-state index < -0.39 is 11.2 Å². The summed E-state index contributed by atoms with van der Waals surface area (Å²) in [6, 6.07) is 0. The largest absolute Gasteiger partial charge is 3.00 e. The van der Waals surface area contributed by atoms with Crippen LogP contribution in [0.25, 0.3) is 30.8 Å². The van der Waals surface area contributed by atoms with E-state index in [-0.39, 0.29) is 47.5 Å². The summed E-state index contributed by atoms with van der Waals surface area (Å²) in [4.78, 5) is 16.6. The van der Waals surface area contributed by atoms with Crippen LogP contribution in [0.4, 0.5) is 4.79 Å². The predicted molar refractivity (Wildman–Crippen MR) is 42.2 cm³/mol. The summed E-state index contributed by atoms with van der Waals surface area (Å²) in [7, 11) is 0. The smallest absolute Gasteiger partial charge is 0.693 e. The zero-order valence-electron chi connectivity index (χ0n) is 6.62. The first-order chi connectivity index (χ1) is 3.46. The SMILES string of the molecule is O=C([O-])[O-].O=[N+]([O-])[O-].[Co+3].[NH2-].[NH2-].[NH2-].[NH2-].[NH2-]. The zero-order valence-corrected chi connectivity index (χ0v) is 7.66. The van der Waals surface area contributed by atoms with Gasteiger partial charge in [0.1, 0.15) is 0 Å². The van der Waals surface area contributed by atoms with Crippen LogP contribution in [0.1, 0.15) is 0 Å². The molecule has 0 aliphatic carbocycles.